The highest BCUT2D eigenvalue weighted by Gasteiger charge is 2.22. The standard InChI is InChI=1S/C15H22ClNO/c1-2-17-9-14(11-18-10-12-6-7-12)13-4-3-5-15(16)8-13/h3-5,8,12,14,17H,2,6-7,9-11H2,1H3. The number of likely N-dealkylation sites (N-methyl/N-ethyl adjacent to an activating group) is 1. The van der Waals surface area contributed by atoms with Crippen LogP contribution in [0, 0.1) is 5.92 Å². The second-order valence-corrected chi connectivity index (χ2v) is 5.48. The smallest absolute Gasteiger partial charge is 0.0547 e. The van der Waals surface area contributed by atoms with Gasteiger partial charge in [0.15, 0.2) is 0 Å². The van der Waals surface area contributed by atoms with E-state index in [0.29, 0.717) is 5.92 Å². The van der Waals surface area contributed by atoms with Crippen molar-refractivity contribution in [3.8, 4) is 0 Å². The van der Waals surface area contributed by atoms with Gasteiger partial charge >= 0.3 is 0 Å². The topological polar surface area (TPSA) is 21.3 Å². The highest BCUT2D eigenvalue weighted by atomic mass is 35.5. The third kappa shape index (κ3) is 4.60. The Bertz CT molecular complexity index is 365. The molecule has 0 aliphatic heterocycles. The molecule has 3 heteroatoms. The largest absolute Gasteiger partial charge is 0.380 e. The van der Waals surface area contributed by atoms with E-state index in [0.717, 1.165) is 37.2 Å². The molecule has 1 aromatic carbocycles. The molecule has 2 nitrogen and oxygen atoms in total. The molecule has 1 saturated carbocycles. The van der Waals surface area contributed by atoms with Gasteiger partial charge in [-0.2, -0.15) is 0 Å². The van der Waals surface area contributed by atoms with E-state index in [1.807, 2.05) is 18.2 Å². The lowest BCUT2D eigenvalue weighted by atomic mass is 10.00. The van der Waals surface area contributed by atoms with Crippen molar-refractivity contribution in [2.75, 3.05) is 26.3 Å². The number of rotatable bonds is 8. The molecular formula is C15H22ClNO. The Morgan fingerprint density at radius 2 is 2.28 bits per heavy atom. The average molecular weight is 268 g/mol. The maximum atomic E-state index is 6.06. The maximum Gasteiger partial charge on any atom is 0.0547 e. The average Bonchev–Trinajstić information content (AvgIpc) is 3.17. The fourth-order valence-corrected chi connectivity index (χ4v) is 2.21. The van der Waals surface area contributed by atoms with Crippen LogP contribution in [0.1, 0.15) is 31.2 Å². The van der Waals surface area contributed by atoms with Crippen molar-refractivity contribution in [3.05, 3.63) is 34.9 Å². The molecule has 100 valence electrons. The van der Waals surface area contributed by atoms with Crippen LogP contribution in [0.2, 0.25) is 5.02 Å². The fraction of sp³-hybridized carbons (Fsp3) is 0.600. The second kappa shape index (κ2) is 7.13. The minimum Gasteiger partial charge on any atom is -0.380 e. The molecule has 18 heavy (non-hydrogen) atoms. The summed E-state index contributed by atoms with van der Waals surface area (Å²) in [7, 11) is 0. The Labute approximate surface area is 115 Å². The minimum atomic E-state index is 0.391. The zero-order valence-electron chi connectivity index (χ0n) is 11.0. The van der Waals surface area contributed by atoms with E-state index < -0.39 is 0 Å². The molecule has 1 fully saturated rings. The van der Waals surface area contributed by atoms with Gasteiger partial charge in [0.25, 0.3) is 0 Å². The van der Waals surface area contributed by atoms with Crippen molar-refractivity contribution < 1.29 is 4.74 Å². The summed E-state index contributed by atoms with van der Waals surface area (Å²) in [5.41, 5.74) is 1.26. The van der Waals surface area contributed by atoms with Crippen LogP contribution in [0.5, 0.6) is 0 Å². The first kappa shape index (κ1) is 13.9. The summed E-state index contributed by atoms with van der Waals surface area (Å²) in [5.74, 6) is 1.21. The molecule has 0 saturated heterocycles. The molecular weight excluding hydrogens is 246 g/mol. The Morgan fingerprint density at radius 1 is 1.44 bits per heavy atom. The van der Waals surface area contributed by atoms with Gasteiger partial charge < -0.3 is 10.1 Å². The van der Waals surface area contributed by atoms with Crippen LogP contribution in [0.25, 0.3) is 0 Å². The van der Waals surface area contributed by atoms with Crippen molar-refractivity contribution in [1.82, 2.24) is 5.32 Å². The Hall–Kier alpha value is -0.570. The summed E-state index contributed by atoms with van der Waals surface area (Å²) in [6.07, 6.45) is 2.68. The van der Waals surface area contributed by atoms with Crippen LogP contribution in [-0.4, -0.2) is 26.3 Å². The molecule has 1 N–H and O–H groups in total. The third-order valence-corrected chi connectivity index (χ3v) is 3.57. The summed E-state index contributed by atoms with van der Waals surface area (Å²) in [4.78, 5) is 0. The molecule has 1 aliphatic carbocycles. The maximum absolute atomic E-state index is 6.06. The van der Waals surface area contributed by atoms with Crippen molar-refractivity contribution in [2.24, 2.45) is 5.92 Å². The van der Waals surface area contributed by atoms with Crippen LogP contribution < -0.4 is 5.32 Å². The zero-order valence-corrected chi connectivity index (χ0v) is 11.7. The van der Waals surface area contributed by atoms with E-state index in [1.54, 1.807) is 0 Å². The van der Waals surface area contributed by atoms with Gasteiger partial charge in [-0.25, -0.2) is 0 Å². The third-order valence-electron chi connectivity index (χ3n) is 3.33. The van der Waals surface area contributed by atoms with Gasteiger partial charge in [0, 0.05) is 24.1 Å². The first-order chi connectivity index (χ1) is 8.79. The number of hydrogen-bond donors (Lipinski definition) is 1. The highest BCUT2D eigenvalue weighted by Crippen LogP contribution is 2.29. The van der Waals surface area contributed by atoms with E-state index in [-0.39, 0.29) is 0 Å². The minimum absolute atomic E-state index is 0.391. The number of hydrogen-bond acceptors (Lipinski definition) is 2. The molecule has 0 heterocycles. The molecule has 1 unspecified atom stereocenters. The molecule has 1 atom stereocenters. The molecule has 0 bridgehead atoms. The van der Waals surface area contributed by atoms with Gasteiger partial charge in [-0.3, -0.25) is 0 Å². The number of ether oxygens (including phenoxy) is 1. The van der Waals surface area contributed by atoms with Crippen LogP contribution in [0.3, 0.4) is 0 Å². The molecule has 0 radical (unpaired) electrons. The summed E-state index contributed by atoms with van der Waals surface area (Å²) in [5, 5.41) is 4.20. The SMILES string of the molecule is CCNCC(COCC1CC1)c1cccc(Cl)c1. The first-order valence-electron chi connectivity index (χ1n) is 6.83. The second-order valence-electron chi connectivity index (χ2n) is 5.04. The molecule has 0 aromatic heterocycles. The normalized spacial score (nSPS) is 16.8. The van der Waals surface area contributed by atoms with Crippen LogP contribution in [0.4, 0.5) is 0 Å². The van der Waals surface area contributed by atoms with Crippen molar-refractivity contribution in [2.45, 2.75) is 25.7 Å². The Kier molecular flexibility index (Phi) is 5.48. The van der Waals surface area contributed by atoms with E-state index in [4.69, 9.17) is 16.3 Å². The van der Waals surface area contributed by atoms with Gasteiger partial charge in [0.1, 0.15) is 0 Å². The molecule has 1 aromatic rings. The van der Waals surface area contributed by atoms with Crippen LogP contribution in [0.15, 0.2) is 24.3 Å². The lowest BCUT2D eigenvalue weighted by molar-refractivity contribution is 0.110. The summed E-state index contributed by atoms with van der Waals surface area (Å²) in [6.45, 7) is 5.76. The van der Waals surface area contributed by atoms with Gasteiger partial charge in [0.2, 0.25) is 0 Å². The van der Waals surface area contributed by atoms with Gasteiger partial charge in [-0.15, -0.1) is 0 Å². The Balaban J connectivity index is 1.89. The summed E-state index contributed by atoms with van der Waals surface area (Å²) in [6, 6.07) is 8.11. The molecule has 0 spiro atoms. The number of nitrogens with one attached hydrogen (secondary N) is 1. The monoisotopic (exact) mass is 267 g/mol. The van der Waals surface area contributed by atoms with E-state index >= 15 is 0 Å². The number of halogens is 1. The highest BCUT2D eigenvalue weighted by molar-refractivity contribution is 6.30. The predicted octanol–water partition coefficient (Wildman–Crippen LogP) is 3.46. The lowest BCUT2D eigenvalue weighted by Gasteiger charge is -2.18. The summed E-state index contributed by atoms with van der Waals surface area (Å²) < 4.78 is 5.83. The van der Waals surface area contributed by atoms with Gasteiger partial charge in [-0.1, -0.05) is 30.7 Å². The predicted molar refractivity (Wildman–Crippen MR) is 76.3 cm³/mol. The van der Waals surface area contributed by atoms with Crippen LogP contribution >= 0.6 is 11.6 Å². The zero-order chi connectivity index (χ0) is 12.8. The van der Waals surface area contributed by atoms with Crippen molar-refractivity contribution in [3.63, 3.8) is 0 Å². The first-order valence-corrected chi connectivity index (χ1v) is 7.21. The quantitative estimate of drug-likeness (QED) is 0.779. The summed E-state index contributed by atoms with van der Waals surface area (Å²) >= 11 is 6.06. The van der Waals surface area contributed by atoms with E-state index in [2.05, 4.69) is 18.3 Å². The fourth-order valence-electron chi connectivity index (χ4n) is 2.01. The number of benzene rings is 1. The Morgan fingerprint density at radius 3 is 2.94 bits per heavy atom. The van der Waals surface area contributed by atoms with Gasteiger partial charge in [-0.05, 0) is 43.0 Å². The molecule has 0 amide bonds. The lowest BCUT2D eigenvalue weighted by Crippen LogP contribution is -2.24. The van der Waals surface area contributed by atoms with E-state index in [9.17, 15) is 0 Å². The van der Waals surface area contributed by atoms with Crippen LogP contribution in [-0.2, 0) is 4.74 Å². The molecule has 1 aliphatic rings. The van der Waals surface area contributed by atoms with Crippen molar-refractivity contribution >= 4 is 11.6 Å². The van der Waals surface area contributed by atoms with Gasteiger partial charge in [0.05, 0.1) is 6.61 Å². The van der Waals surface area contributed by atoms with E-state index in [1.165, 1.54) is 18.4 Å². The molecule has 2 rings (SSSR count). The van der Waals surface area contributed by atoms with Crippen molar-refractivity contribution in [1.29, 1.82) is 0 Å².